The third kappa shape index (κ3) is 18.8. The van der Waals surface area contributed by atoms with Crippen LogP contribution in [0.4, 0.5) is 0 Å². The molecule has 0 radical (unpaired) electrons. The molecule has 1 aliphatic rings. The van der Waals surface area contributed by atoms with Gasteiger partial charge in [-0.1, -0.05) is 149 Å². The molecule has 1 aliphatic carbocycles. The number of ether oxygens (including phenoxy) is 2. The molecule has 0 N–H and O–H groups in total. The van der Waals surface area contributed by atoms with Gasteiger partial charge in [0.15, 0.2) is 0 Å². The Kier molecular flexibility index (Phi) is 23.2. The largest absolute Gasteiger partial charge is 0.465 e. The van der Waals surface area contributed by atoms with Crippen molar-refractivity contribution in [2.75, 3.05) is 13.2 Å². The van der Waals surface area contributed by atoms with E-state index in [9.17, 15) is 9.59 Å². The lowest BCUT2D eigenvalue weighted by molar-refractivity contribution is -0.163. The molecule has 0 aliphatic heterocycles. The molecular weight excluding hydrogens is 460 g/mol. The van der Waals surface area contributed by atoms with E-state index in [1.807, 2.05) is 0 Å². The molecule has 0 heterocycles. The van der Waals surface area contributed by atoms with E-state index in [0.29, 0.717) is 13.2 Å². The minimum atomic E-state index is -0.304. The Morgan fingerprint density at radius 2 is 0.730 bits per heavy atom. The van der Waals surface area contributed by atoms with Crippen molar-refractivity contribution >= 4 is 11.9 Å². The first-order valence-electron chi connectivity index (χ1n) is 16.5. The second-order valence-corrected chi connectivity index (χ2v) is 11.5. The Morgan fingerprint density at radius 1 is 0.459 bits per heavy atom. The summed E-state index contributed by atoms with van der Waals surface area (Å²) in [7, 11) is 0. The molecule has 0 aromatic carbocycles. The number of carbonyl (C=O) groups is 2. The van der Waals surface area contributed by atoms with Crippen LogP contribution in [0, 0.1) is 11.8 Å². The van der Waals surface area contributed by atoms with Crippen molar-refractivity contribution in [3.8, 4) is 0 Å². The number of carbonyl (C=O) groups excluding carboxylic acids is 2. The van der Waals surface area contributed by atoms with Gasteiger partial charge in [0, 0.05) is 0 Å². The lowest BCUT2D eigenvalue weighted by atomic mass is 9.79. The summed E-state index contributed by atoms with van der Waals surface area (Å²) < 4.78 is 11.2. The maximum absolute atomic E-state index is 12.7. The van der Waals surface area contributed by atoms with Crippen molar-refractivity contribution in [2.45, 2.75) is 174 Å². The van der Waals surface area contributed by atoms with Gasteiger partial charge in [-0.15, -0.1) is 0 Å². The molecule has 4 heteroatoms. The maximum Gasteiger partial charge on any atom is 0.309 e. The zero-order valence-electron chi connectivity index (χ0n) is 24.9. The Morgan fingerprint density at radius 3 is 1.03 bits per heavy atom. The quantitative estimate of drug-likeness (QED) is 0.0884. The van der Waals surface area contributed by atoms with Crippen LogP contribution in [0.2, 0.25) is 0 Å². The molecule has 0 saturated heterocycles. The van der Waals surface area contributed by atoms with Crippen LogP contribution in [-0.4, -0.2) is 25.2 Å². The smallest absolute Gasteiger partial charge is 0.309 e. The predicted molar refractivity (Wildman–Crippen MR) is 156 cm³/mol. The molecule has 1 rings (SSSR count). The molecule has 4 nitrogen and oxygen atoms in total. The van der Waals surface area contributed by atoms with Gasteiger partial charge in [0.1, 0.15) is 0 Å². The highest BCUT2D eigenvalue weighted by molar-refractivity contribution is 5.82. The average Bonchev–Trinajstić information content (AvgIpc) is 2.92. The minimum absolute atomic E-state index is 0.173. The molecule has 0 spiro atoms. The van der Waals surface area contributed by atoms with E-state index in [0.717, 1.165) is 51.4 Å². The second-order valence-electron chi connectivity index (χ2n) is 11.5. The normalized spacial score (nSPS) is 17.6. The monoisotopic (exact) mass is 522 g/mol. The number of unbranched alkanes of at least 4 members (excludes halogenated alkanes) is 19. The first-order chi connectivity index (χ1) is 18.2. The molecule has 0 aromatic heterocycles. The highest BCUT2D eigenvalue weighted by Gasteiger charge is 2.37. The fourth-order valence-electron chi connectivity index (χ4n) is 5.61. The molecular formula is C33H62O4. The van der Waals surface area contributed by atoms with Crippen molar-refractivity contribution in [1.29, 1.82) is 0 Å². The summed E-state index contributed by atoms with van der Waals surface area (Å²) in [4.78, 5) is 25.4. The van der Waals surface area contributed by atoms with Crippen LogP contribution in [0.5, 0.6) is 0 Å². The summed E-state index contributed by atoms with van der Waals surface area (Å²) in [6, 6.07) is 0. The summed E-state index contributed by atoms with van der Waals surface area (Å²) in [5.41, 5.74) is 0. The molecule has 0 aromatic rings. The summed E-state index contributed by atoms with van der Waals surface area (Å²) in [6.07, 6.45) is 30.3. The number of esters is 2. The number of hydrogen-bond acceptors (Lipinski definition) is 4. The van der Waals surface area contributed by atoms with Gasteiger partial charge >= 0.3 is 11.9 Å². The van der Waals surface area contributed by atoms with Gasteiger partial charge in [-0.05, 0) is 25.7 Å². The van der Waals surface area contributed by atoms with E-state index in [2.05, 4.69) is 13.8 Å². The van der Waals surface area contributed by atoms with Crippen molar-refractivity contribution in [1.82, 2.24) is 0 Å². The summed E-state index contributed by atoms with van der Waals surface area (Å²) in [5, 5.41) is 0. The Bertz CT molecular complexity index is 532. The molecule has 1 fully saturated rings. The van der Waals surface area contributed by atoms with Gasteiger partial charge in [0.25, 0.3) is 0 Å². The van der Waals surface area contributed by atoms with Crippen molar-refractivity contribution in [3.63, 3.8) is 0 Å². The van der Waals surface area contributed by atoms with Crippen LogP contribution in [0.1, 0.15) is 174 Å². The maximum atomic E-state index is 12.7. The van der Waals surface area contributed by atoms with E-state index in [1.165, 1.54) is 109 Å². The second kappa shape index (κ2) is 25.2. The van der Waals surface area contributed by atoms with Gasteiger partial charge in [-0.2, -0.15) is 0 Å². The lowest BCUT2D eigenvalue weighted by Gasteiger charge is -2.28. The fraction of sp³-hybridized carbons (Fsp3) is 0.939. The zero-order chi connectivity index (χ0) is 26.8. The SMILES string of the molecule is CCCCCCCCCCCCCCOC(=O)C1CCCCC1C(=O)OCCCCCCCCCCC. The van der Waals surface area contributed by atoms with Gasteiger partial charge in [0.05, 0.1) is 25.0 Å². The van der Waals surface area contributed by atoms with Crippen LogP contribution in [0.3, 0.4) is 0 Å². The van der Waals surface area contributed by atoms with Crippen molar-refractivity contribution in [3.05, 3.63) is 0 Å². The van der Waals surface area contributed by atoms with Gasteiger partial charge in [0.2, 0.25) is 0 Å². The highest BCUT2D eigenvalue weighted by atomic mass is 16.5. The third-order valence-electron chi connectivity index (χ3n) is 8.11. The molecule has 0 bridgehead atoms. The zero-order valence-corrected chi connectivity index (χ0v) is 24.9. The van der Waals surface area contributed by atoms with Crippen LogP contribution in [-0.2, 0) is 19.1 Å². The number of hydrogen-bond donors (Lipinski definition) is 0. The third-order valence-corrected chi connectivity index (χ3v) is 8.11. The highest BCUT2D eigenvalue weighted by Crippen LogP contribution is 2.32. The molecule has 1 saturated carbocycles. The van der Waals surface area contributed by atoms with Gasteiger partial charge < -0.3 is 9.47 Å². The van der Waals surface area contributed by atoms with Crippen LogP contribution < -0.4 is 0 Å². The van der Waals surface area contributed by atoms with E-state index >= 15 is 0 Å². The Balaban J connectivity index is 2.06. The first kappa shape index (κ1) is 34.0. The van der Waals surface area contributed by atoms with Crippen LogP contribution in [0.15, 0.2) is 0 Å². The number of rotatable bonds is 25. The van der Waals surface area contributed by atoms with E-state index in [-0.39, 0.29) is 23.8 Å². The van der Waals surface area contributed by atoms with Crippen molar-refractivity contribution in [2.24, 2.45) is 11.8 Å². The summed E-state index contributed by atoms with van der Waals surface area (Å²) in [5.74, 6) is -0.956. The molecule has 2 atom stereocenters. The molecule has 0 amide bonds. The lowest BCUT2D eigenvalue weighted by Crippen LogP contribution is -2.35. The van der Waals surface area contributed by atoms with Crippen molar-refractivity contribution < 1.29 is 19.1 Å². The van der Waals surface area contributed by atoms with Crippen LogP contribution in [0.25, 0.3) is 0 Å². The topological polar surface area (TPSA) is 52.6 Å². The Labute approximate surface area is 230 Å². The van der Waals surface area contributed by atoms with E-state index < -0.39 is 0 Å². The van der Waals surface area contributed by atoms with Gasteiger partial charge in [-0.3, -0.25) is 9.59 Å². The Hall–Kier alpha value is -1.06. The summed E-state index contributed by atoms with van der Waals surface area (Å²) >= 11 is 0. The predicted octanol–water partition coefficient (Wildman–Crippen LogP) is 10.1. The first-order valence-corrected chi connectivity index (χ1v) is 16.5. The average molecular weight is 523 g/mol. The minimum Gasteiger partial charge on any atom is -0.465 e. The van der Waals surface area contributed by atoms with E-state index in [1.54, 1.807) is 0 Å². The van der Waals surface area contributed by atoms with Gasteiger partial charge in [-0.25, -0.2) is 0 Å². The fourth-order valence-corrected chi connectivity index (χ4v) is 5.61. The standard InChI is InChI=1S/C33H62O4/c1-3-5-7-9-11-13-14-15-17-19-21-25-29-37-33(35)31-27-23-22-26-30(31)32(34)36-28-24-20-18-16-12-10-8-6-4-2/h30-31H,3-29H2,1-2H3. The molecule has 37 heavy (non-hydrogen) atoms. The molecule has 2 unspecified atom stereocenters. The molecule has 218 valence electrons. The van der Waals surface area contributed by atoms with Crippen LogP contribution >= 0.6 is 0 Å². The van der Waals surface area contributed by atoms with E-state index in [4.69, 9.17) is 9.47 Å². The summed E-state index contributed by atoms with van der Waals surface area (Å²) in [6.45, 7) is 5.50.